The molecule has 1 atom stereocenters. The molecule has 1 aliphatic heterocycles. The lowest BCUT2D eigenvalue weighted by atomic mass is 9.96. The van der Waals surface area contributed by atoms with E-state index in [1.165, 1.54) is 35.1 Å². The summed E-state index contributed by atoms with van der Waals surface area (Å²) < 4.78 is 18.2. The Labute approximate surface area is 235 Å². The first kappa shape index (κ1) is 28.9. The fraction of sp³-hybridized carbons (Fsp3) is 0.345. The number of nitro groups is 1. The number of methoxy groups -OCH3 is 1. The number of allylic oxidation sites excluding steroid dienone is 1. The normalized spacial score (nSPS) is 15.0. The quantitative estimate of drug-likeness (QED) is 0.141. The first-order chi connectivity index (χ1) is 19.3. The summed E-state index contributed by atoms with van der Waals surface area (Å²) in [6, 6.07) is 12.5. The fourth-order valence-electron chi connectivity index (χ4n) is 4.33. The highest BCUT2D eigenvalue weighted by Gasteiger charge is 2.33. The van der Waals surface area contributed by atoms with Gasteiger partial charge < -0.3 is 14.2 Å². The standard InChI is InChI=1S/C29H31N3O7S/c1-4-5-6-15-38-23-13-9-21(10-14-23)26-25(28(34)39-17-16-37-3)19(2)30-29-31(26)27(33)24(40-29)18-20-7-11-22(12-8-20)32(35)36/h7-14,18,26H,4-6,15-17H2,1-3H3/b24-18-. The number of hydrogen-bond acceptors (Lipinski definition) is 9. The van der Waals surface area contributed by atoms with Crippen LogP contribution in [0.25, 0.3) is 6.08 Å². The first-order valence-corrected chi connectivity index (χ1v) is 13.8. The van der Waals surface area contributed by atoms with E-state index in [4.69, 9.17) is 14.2 Å². The lowest BCUT2D eigenvalue weighted by Crippen LogP contribution is -2.40. The van der Waals surface area contributed by atoms with Gasteiger partial charge in [0.15, 0.2) is 4.80 Å². The van der Waals surface area contributed by atoms with Crippen molar-refractivity contribution in [1.29, 1.82) is 0 Å². The number of rotatable bonds is 12. The summed E-state index contributed by atoms with van der Waals surface area (Å²) in [4.78, 5) is 42.5. The van der Waals surface area contributed by atoms with Gasteiger partial charge in [-0.3, -0.25) is 19.5 Å². The number of esters is 1. The Kier molecular flexibility index (Phi) is 9.62. The van der Waals surface area contributed by atoms with E-state index in [9.17, 15) is 19.7 Å². The number of non-ortho nitro benzene ring substituents is 1. The predicted molar refractivity (Wildman–Crippen MR) is 151 cm³/mol. The number of nitrogens with zero attached hydrogens (tertiary/aromatic N) is 3. The third kappa shape index (κ3) is 6.54. The molecule has 1 aromatic heterocycles. The molecule has 0 fully saturated rings. The third-order valence-corrected chi connectivity index (χ3v) is 7.36. The lowest BCUT2D eigenvalue weighted by molar-refractivity contribution is -0.384. The molecule has 0 amide bonds. The van der Waals surface area contributed by atoms with Gasteiger partial charge >= 0.3 is 5.97 Å². The summed E-state index contributed by atoms with van der Waals surface area (Å²) in [5, 5.41) is 11.0. The van der Waals surface area contributed by atoms with Crippen LogP contribution in [-0.4, -0.2) is 42.4 Å². The highest BCUT2D eigenvalue weighted by atomic mass is 32.1. The zero-order valence-electron chi connectivity index (χ0n) is 22.6. The van der Waals surface area contributed by atoms with E-state index in [-0.39, 0.29) is 30.0 Å². The van der Waals surface area contributed by atoms with Crippen LogP contribution in [0.15, 0.2) is 69.6 Å². The number of unbranched alkanes of at least 4 members (excludes halogenated alkanes) is 2. The van der Waals surface area contributed by atoms with Gasteiger partial charge in [0.05, 0.1) is 40.0 Å². The highest BCUT2D eigenvalue weighted by Crippen LogP contribution is 2.31. The summed E-state index contributed by atoms with van der Waals surface area (Å²) >= 11 is 1.19. The van der Waals surface area contributed by atoms with E-state index in [0.717, 1.165) is 19.3 Å². The number of carbonyl (C=O) groups is 1. The number of carbonyl (C=O) groups excluding carboxylic acids is 1. The summed E-state index contributed by atoms with van der Waals surface area (Å²) in [5.41, 5.74) is 1.69. The van der Waals surface area contributed by atoms with Crippen molar-refractivity contribution >= 4 is 29.1 Å². The summed E-state index contributed by atoms with van der Waals surface area (Å²) in [5.74, 6) is 0.128. The van der Waals surface area contributed by atoms with Gasteiger partial charge in [0, 0.05) is 19.2 Å². The largest absolute Gasteiger partial charge is 0.494 e. The zero-order valence-corrected chi connectivity index (χ0v) is 23.4. The lowest BCUT2D eigenvalue weighted by Gasteiger charge is -2.25. The molecular weight excluding hydrogens is 534 g/mol. The van der Waals surface area contributed by atoms with Crippen molar-refractivity contribution in [2.24, 2.45) is 4.99 Å². The van der Waals surface area contributed by atoms with Crippen LogP contribution >= 0.6 is 11.3 Å². The Balaban J connectivity index is 1.76. The molecule has 2 heterocycles. The molecule has 0 bridgehead atoms. The number of nitro benzene ring substituents is 1. The summed E-state index contributed by atoms with van der Waals surface area (Å²) in [6.07, 6.45) is 4.81. The topological polar surface area (TPSA) is 122 Å². The van der Waals surface area contributed by atoms with Crippen molar-refractivity contribution in [3.05, 3.63) is 101 Å². The average Bonchev–Trinajstić information content (AvgIpc) is 3.25. The van der Waals surface area contributed by atoms with Gasteiger partial charge in [0.25, 0.3) is 11.2 Å². The minimum atomic E-state index is -0.764. The molecule has 0 aliphatic carbocycles. The van der Waals surface area contributed by atoms with Gasteiger partial charge in [-0.1, -0.05) is 43.2 Å². The Bertz CT molecular complexity index is 1570. The van der Waals surface area contributed by atoms with E-state index in [2.05, 4.69) is 11.9 Å². The summed E-state index contributed by atoms with van der Waals surface area (Å²) in [7, 11) is 1.52. The maximum Gasteiger partial charge on any atom is 0.338 e. The molecule has 0 radical (unpaired) electrons. The molecule has 210 valence electrons. The molecule has 0 spiro atoms. The van der Waals surface area contributed by atoms with Crippen molar-refractivity contribution in [3.8, 4) is 5.75 Å². The summed E-state index contributed by atoms with van der Waals surface area (Å²) in [6.45, 7) is 4.77. The number of thiazole rings is 1. The molecular formula is C29H31N3O7S. The second-order valence-electron chi connectivity index (χ2n) is 9.18. The first-order valence-electron chi connectivity index (χ1n) is 13.0. The van der Waals surface area contributed by atoms with E-state index in [1.807, 2.05) is 24.3 Å². The van der Waals surface area contributed by atoms with Crippen molar-refractivity contribution in [1.82, 2.24) is 4.57 Å². The van der Waals surface area contributed by atoms with E-state index >= 15 is 0 Å². The van der Waals surface area contributed by atoms with Gasteiger partial charge in [0.2, 0.25) is 0 Å². The third-order valence-electron chi connectivity index (χ3n) is 6.38. The van der Waals surface area contributed by atoms with Crippen LogP contribution in [0.2, 0.25) is 0 Å². The Morgan fingerprint density at radius 3 is 2.48 bits per heavy atom. The van der Waals surface area contributed by atoms with Crippen molar-refractivity contribution in [2.75, 3.05) is 26.9 Å². The number of hydrogen-bond donors (Lipinski definition) is 0. The Hall–Kier alpha value is -4.09. The maximum atomic E-state index is 13.7. The zero-order chi connectivity index (χ0) is 28.6. The van der Waals surface area contributed by atoms with Gasteiger partial charge in [-0.2, -0.15) is 0 Å². The van der Waals surface area contributed by atoms with Crippen LogP contribution in [0.1, 0.15) is 50.3 Å². The monoisotopic (exact) mass is 565 g/mol. The molecule has 3 aromatic rings. The minimum Gasteiger partial charge on any atom is -0.494 e. The van der Waals surface area contributed by atoms with E-state index < -0.39 is 16.9 Å². The number of aromatic nitrogens is 1. The van der Waals surface area contributed by atoms with Crippen LogP contribution in [0.5, 0.6) is 5.75 Å². The molecule has 2 aromatic carbocycles. The van der Waals surface area contributed by atoms with Gasteiger partial charge in [0.1, 0.15) is 12.4 Å². The van der Waals surface area contributed by atoms with Crippen LogP contribution in [0.4, 0.5) is 5.69 Å². The highest BCUT2D eigenvalue weighted by molar-refractivity contribution is 7.07. The smallest absolute Gasteiger partial charge is 0.338 e. The number of fused-ring (bicyclic) bond motifs is 1. The second-order valence-corrected chi connectivity index (χ2v) is 10.2. The van der Waals surface area contributed by atoms with Crippen molar-refractivity contribution in [2.45, 2.75) is 39.2 Å². The molecule has 10 nitrogen and oxygen atoms in total. The van der Waals surface area contributed by atoms with Crippen LogP contribution in [0, 0.1) is 10.1 Å². The van der Waals surface area contributed by atoms with E-state index in [1.54, 1.807) is 25.1 Å². The molecule has 11 heteroatoms. The molecule has 4 rings (SSSR count). The number of benzene rings is 2. The molecule has 0 saturated heterocycles. The van der Waals surface area contributed by atoms with Gasteiger partial charge in [-0.15, -0.1) is 0 Å². The molecule has 0 saturated carbocycles. The number of ether oxygens (including phenoxy) is 3. The SMILES string of the molecule is CCCCCOc1ccc(C2C(C(=O)OCCOC)=C(C)N=c3s/c(=C\c4ccc([N+](=O)[O-])cc4)c(=O)n32)cc1. The second kappa shape index (κ2) is 13.3. The van der Waals surface area contributed by atoms with Gasteiger partial charge in [-0.25, -0.2) is 9.79 Å². The Morgan fingerprint density at radius 1 is 1.10 bits per heavy atom. The van der Waals surface area contributed by atoms with E-state index in [0.29, 0.717) is 38.5 Å². The predicted octanol–water partition coefficient (Wildman–Crippen LogP) is 3.90. The van der Waals surface area contributed by atoms with Crippen molar-refractivity contribution < 1.29 is 23.9 Å². The van der Waals surface area contributed by atoms with Crippen molar-refractivity contribution in [3.63, 3.8) is 0 Å². The van der Waals surface area contributed by atoms with Crippen LogP contribution in [-0.2, 0) is 14.3 Å². The Morgan fingerprint density at radius 2 is 1.82 bits per heavy atom. The molecule has 40 heavy (non-hydrogen) atoms. The van der Waals surface area contributed by atoms with Gasteiger partial charge in [-0.05, 0) is 54.8 Å². The van der Waals surface area contributed by atoms with Crippen LogP contribution < -0.4 is 19.6 Å². The molecule has 0 N–H and O–H groups in total. The minimum absolute atomic E-state index is 0.0383. The fourth-order valence-corrected chi connectivity index (χ4v) is 5.37. The van der Waals surface area contributed by atoms with Crippen LogP contribution in [0.3, 0.4) is 0 Å². The maximum absolute atomic E-state index is 13.7. The average molecular weight is 566 g/mol. The molecule has 1 aliphatic rings. The molecule has 1 unspecified atom stereocenters.